The lowest BCUT2D eigenvalue weighted by Gasteiger charge is -2.25. The van der Waals surface area contributed by atoms with Crippen molar-refractivity contribution in [2.24, 2.45) is 0 Å². The number of hydrogen-bond donors (Lipinski definition) is 0. The Morgan fingerprint density at radius 3 is 2.18 bits per heavy atom. The zero-order valence-electron chi connectivity index (χ0n) is 19.4. The zero-order valence-corrected chi connectivity index (χ0v) is 19.4. The van der Waals surface area contributed by atoms with Crippen LogP contribution in [0.1, 0.15) is 31.9 Å². The first-order valence-electron chi connectivity index (χ1n) is 11.2. The average molecular weight is 441 g/mol. The lowest BCUT2D eigenvalue weighted by Crippen LogP contribution is -2.35. The number of anilines is 2. The molecule has 4 rings (SSSR count). The third kappa shape index (κ3) is 4.40. The lowest BCUT2D eigenvalue weighted by molar-refractivity contribution is -0.120. The number of imide groups is 1. The number of aryl methyl sites for hydroxylation is 1. The molecule has 0 bridgehead atoms. The molecule has 0 atom stereocenters. The first-order chi connectivity index (χ1) is 15.9. The van der Waals surface area contributed by atoms with Crippen LogP contribution >= 0.6 is 0 Å². The van der Waals surface area contributed by atoms with E-state index in [0.717, 1.165) is 17.0 Å². The van der Waals surface area contributed by atoms with E-state index in [1.165, 1.54) is 4.90 Å². The van der Waals surface area contributed by atoms with Crippen LogP contribution in [0.4, 0.5) is 11.4 Å². The number of rotatable bonds is 7. The monoisotopic (exact) mass is 440 g/mol. The molecule has 33 heavy (non-hydrogen) atoms. The Morgan fingerprint density at radius 2 is 1.58 bits per heavy atom. The molecule has 0 fully saturated rings. The molecule has 2 amide bonds. The number of nitrogens with zero attached hydrogens (tertiary/aromatic N) is 2. The molecule has 0 spiro atoms. The van der Waals surface area contributed by atoms with E-state index < -0.39 is 0 Å². The highest BCUT2D eigenvalue weighted by Gasteiger charge is 2.42. The summed E-state index contributed by atoms with van der Waals surface area (Å²) in [6.07, 6.45) is 0.0470. The van der Waals surface area contributed by atoms with Crippen LogP contribution in [0, 0.1) is 6.92 Å². The number of likely N-dealkylation sites (N-methyl/N-ethyl adjacent to an activating group) is 1. The van der Waals surface area contributed by atoms with Gasteiger partial charge in [0.05, 0.1) is 17.4 Å². The molecule has 0 aromatic heterocycles. The maximum atomic E-state index is 13.8. The Kier molecular flexibility index (Phi) is 6.31. The second-order valence-electron chi connectivity index (χ2n) is 8.28. The quantitative estimate of drug-likeness (QED) is 0.449. The summed E-state index contributed by atoms with van der Waals surface area (Å²) < 4.78 is 5.76. The van der Waals surface area contributed by atoms with Crippen molar-refractivity contribution < 1.29 is 14.3 Å². The summed E-state index contributed by atoms with van der Waals surface area (Å²) in [6, 6.07) is 24.5. The van der Waals surface area contributed by atoms with Gasteiger partial charge in [-0.1, -0.05) is 42.5 Å². The van der Waals surface area contributed by atoms with Gasteiger partial charge in [0.2, 0.25) is 0 Å². The zero-order chi connectivity index (χ0) is 23.5. The van der Waals surface area contributed by atoms with E-state index in [0.29, 0.717) is 29.1 Å². The van der Waals surface area contributed by atoms with Gasteiger partial charge in [0.1, 0.15) is 11.4 Å². The molecule has 0 radical (unpaired) electrons. The molecular formula is C28H28N2O3. The van der Waals surface area contributed by atoms with Crippen LogP contribution in [-0.4, -0.2) is 24.5 Å². The van der Waals surface area contributed by atoms with Crippen molar-refractivity contribution >= 4 is 28.8 Å². The predicted octanol–water partition coefficient (Wildman–Crippen LogP) is 5.59. The van der Waals surface area contributed by atoms with Crippen molar-refractivity contribution in [2.75, 3.05) is 16.3 Å². The maximum absolute atomic E-state index is 13.8. The molecular weight excluding hydrogens is 412 g/mol. The summed E-state index contributed by atoms with van der Waals surface area (Å²) >= 11 is 0. The average Bonchev–Trinajstić information content (AvgIpc) is 3.05. The number of para-hydroxylation sites is 1. The standard InChI is InChI=1S/C28H28N2O3/c1-5-29(22-11-7-6-8-12-22)26-25(21-14-16-24(17-15-21)33-19(2)3)27(31)30(28(26)32)23-13-9-10-20(4)18-23/h6-19H,5H2,1-4H3. The van der Waals surface area contributed by atoms with Crippen LogP contribution in [0.5, 0.6) is 5.75 Å². The SMILES string of the molecule is CCN(C1=C(c2ccc(OC(C)C)cc2)C(=O)N(c2cccc(C)c2)C1=O)c1ccccc1. The minimum atomic E-state index is -0.326. The first-order valence-corrected chi connectivity index (χ1v) is 11.2. The van der Waals surface area contributed by atoms with Crippen molar-refractivity contribution in [3.63, 3.8) is 0 Å². The fourth-order valence-corrected chi connectivity index (χ4v) is 4.08. The molecule has 3 aromatic rings. The van der Waals surface area contributed by atoms with Gasteiger partial charge in [-0.2, -0.15) is 0 Å². The van der Waals surface area contributed by atoms with Gasteiger partial charge in [-0.05, 0) is 75.2 Å². The van der Waals surface area contributed by atoms with Crippen LogP contribution in [0.2, 0.25) is 0 Å². The van der Waals surface area contributed by atoms with Gasteiger partial charge in [-0.3, -0.25) is 9.59 Å². The van der Waals surface area contributed by atoms with Gasteiger partial charge in [-0.25, -0.2) is 4.90 Å². The van der Waals surface area contributed by atoms with Gasteiger partial charge in [0, 0.05) is 12.2 Å². The van der Waals surface area contributed by atoms with E-state index >= 15 is 0 Å². The highest BCUT2D eigenvalue weighted by Crippen LogP contribution is 2.37. The Labute approximate surface area is 194 Å². The third-order valence-corrected chi connectivity index (χ3v) is 5.49. The van der Waals surface area contributed by atoms with E-state index in [1.807, 2.05) is 105 Å². The summed E-state index contributed by atoms with van der Waals surface area (Å²) in [6.45, 7) is 8.39. The molecule has 0 unspecified atom stereocenters. The molecule has 3 aromatic carbocycles. The van der Waals surface area contributed by atoms with E-state index in [9.17, 15) is 9.59 Å². The summed E-state index contributed by atoms with van der Waals surface area (Å²) in [7, 11) is 0. The van der Waals surface area contributed by atoms with Crippen LogP contribution < -0.4 is 14.5 Å². The van der Waals surface area contributed by atoms with Crippen molar-refractivity contribution in [1.29, 1.82) is 0 Å². The second kappa shape index (κ2) is 9.33. The lowest BCUT2D eigenvalue weighted by atomic mass is 10.0. The van der Waals surface area contributed by atoms with Gasteiger partial charge in [0.15, 0.2) is 0 Å². The van der Waals surface area contributed by atoms with Crippen LogP contribution in [0.15, 0.2) is 84.6 Å². The fraction of sp³-hybridized carbons (Fsp3) is 0.214. The molecule has 5 heteroatoms. The van der Waals surface area contributed by atoms with E-state index in [2.05, 4.69) is 0 Å². The summed E-state index contributed by atoms with van der Waals surface area (Å²) in [4.78, 5) is 30.7. The molecule has 0 N–H and O–H groups in total. The number of carbonyl (C=O) groups excluding carboxylic acids is 2. The Balaban J connectivity index is 1.86. The molecule has 1 aliphatic rings. The van der Waals surface area contributed by atoms with E-state index in [4.69, 9.17) is 4.74 Å². The highest BCUT2D eigenvalue weighted by atomic mass is 16.5. The van der Waals surface area contributed by atoms with Crippen LogP contribution in [0.25, 0.3) is 5.57 Å². The molecule has 1 aliphatic heterocycles. The summed E-state index contributed by atoms with van der Waals surface area (Å²) in [5.74, 6) is 0.0694. The predicted molar refractivity (Wildman–Crippen MR) is 132 cm³/mol. The largest absolute Gasteiger partial charge is 0.491 e. The molecule has 1 heterocycles. The Hall–Kier alpha value is -3.86. The Bertz CT molecular complexity index is 1200. The van der Waals surface area contributed by atoms with Crippen LogP contribution in [0.3, 0.4) is 0 Å². The van der Waals surface area contributed by atoms with Crippen molar-refractivity contribution in [2.45, 2.75) is 33.8 Å². The maximum Gasteiger partial charge on any atom is 0.282 e. The fourth-order valence-electron chi connectivity index (χ4n) is 4.08. The van der Waals surface area contributed by atoms with Gasteiger partial charge >= 0.3 is 0 Å². The number of ether oxygens (including phenoxy) is 1. The molecule has 168 valence electrons. The number of carbonyl (C=O) groups is 2. The third-order valence-electron chi connectivity index (χ3n) is 5.49. The van der Waals surface area contributed by atoms with E-state index in [-0.39, 0.29) is 17.9 Å². The molecule has 0 aliphatic carbocycles. The van der Waals surface area contributed by atoms with Crippen molar-refractivity contribution in [3.8, 4) is 5.75 Å². The minimum Gasteiger partial charge on any atom is -0.491 e. The second-order valence-corrected chi connectivity index (χ2v) is 8.28. The normalized spacial score (nSPS) is 13.8. The van der Waals surface area contributed by atoms with Crippen molar-refractivity contribution in [1.82, 2.24) is 0 Å². The highest BCUT2D eigenvalue weighted by molar-refractivity contribution is 6.46. The van der Waals surface area contributed by atoms with Gasteiger partial charge < -0.3 is 9.64 Å². The number of amides is 2. The molecule has 5 nitrogen and oxygen atoms in total. The molecule has 0 saturated carbocycles. The van der Waals surface area contributed by atoms with Gasteiger partial charge in [0.25, 0.3) is 11.8 Å². The first kappa shape index (κ1) is 22.3. The number of hydrogen-bond acceptors (Lipinski definition) is 4. The minimum absolute atomic E-state index is 0.0470. The van der Waals surface area contributed by atoms with Crippen molar-refractivity contribution in [3.05, 3.63) is 95.7 Å². The summed E-state index contributed by atoms with van der Waals surface area (Å²) in [5, 5.41) is 0. The van der Waals surface area contributed by atoms with E-state index in [1.54, 1.807) is 6.07 Å². The summed E-state index contributed by atoms with van der Waals surface area (Å²) in [5.41, 5.74) is 3.87. The Morgan fingerprint density at radius 1 is 0.879 bits per heavy atom. The number of benzene rings is 3. The van der Waals surface area contributed by atoms with Gasteiger partial charge in [-0.15, -0.1) is 0 Å². The smallest absolute Gasteiger partial charge is 0.282 e. The topological polar surface area (TPSA) is 49.9 Å². The molecule has 0 saturated heterocycles. The van der Waals surface area contributed by atoms with Crippen LogP contribution in [-0.2, 0) is 9.59 Å².